The van der Waals surface area contributed by atoms with Crippen LogP contribution >= 0.6 is 0 Å². The Morgan fingerprint density at radius 2 is 1.83 bits per heavy atom. The summed E-state index contributed by atoms with van der Waals surface area (Å²) < 4.78 is 0. The molecule has 3 N–H and O–H groups in total. The number of phenolic OH excluding ortho intramolecular Hbond substituents is 1. The first-order chi connectivity index (χ1) is 14.2. The topological polar surface area (TPSA) is 101 Å². The summed E-state index contributed by atoms with van der Waals surface area (Å²) in [6, 6.07) is 9.42. The number of likely N-dealkylation sites (tertiary alicyclic amines) is 1. The van der Waals surface area contributed by atoms with E-state index in [1.165, 1.54) is 0 Å². The van der Waals surface area contributed by atoms with E-state index in [4.69, 9.17) is 5.11 Å². The van der Waals surface area contributed by atoms with E-state index in [1.807, 2.05) is 24.3 Å². The molecule has 0 saturated carbocycles. The number of nitrogens with one attached hydrogen (secondary N) is 1. The van der Waals surface area contributed by atoms with Crippen LogP contribution in [-0.4, -0.2) is 74.8 Å². The third-order valence-electron chi connectivity index (χ3n) is 6.06. The molecule has 2 aromatic heterocycles. The Labute approximate surface area is 168 Å². The van der Waals surface area contributed by atoms with Gasteiger partial charge in [-0.1, -0.05) is 6.07 Å². The van der Waals surface area contributed by atoms with E-state index in [9.17, 15) is 5.11 Å². The normalized spacial score (nSPS) is 21.6. The number of H-pyrrole nitrogens is 1. The molecule has 4 heterocycles. The Balaban J connectivity index is 1.29. The summed E-state index contributed by atoms with van der Waals surface area (Å²) in [5, 5.41) is 35.1. The number of phenols is 1. The Hall–Kier alpha value is -2.97. The van der Waals surface area contributed by atoms with Crippen LogP contribution in [0.3, 0.4) is 0 Å². The molecule has 2 atom stereocenters. The van der Waals surface area contributed by atoms with Crippen molar-refractivity contribution in [3.8, 4) is 28.1 Å². The Morgan fingerprint density at radius 1 is 1.00 bits per heavy atom. The van der Waals surface area contributed by atoms with Gasteiger partial charge in [-0.2, -0.15) is 5.10 Å². The zero-order valence-electron chi connectivity index (χ0n) is 16.1. The number of aromatic amines is 1. The summed E-state index contributed by atoms with van der Waals surface area (Å²) in [4.78, 5) is 4.64. The molecule has 0 bridgehead atoms. The molecule has 29 heavy (non-hydrogen) atoms. The highest BCUT2D eigenvalue weighted by molar-refractivity contribution is 5.73. The zero-order chi connectivity index (χ0) is 19.8. The van der Waals surface area contributed by atoms with Gasteiger partial charge in [0, 0.05) is 50.0 Å². The maximum atomic E-state index is 10.5. The highest BCUT2D eigenvalue weighted by Crippen LogP contribution is 2.35. The van der Waals surface area contributed by atoms with Crippen molar-refractivity contribution >= 4 is 5.82 Å². The summed E-state index contributed by atoms with van der Waals surface area (Å²) in [5.74, 6) is 2.31. The summed E-state index contributed by atoms with van der Waals surface area (Å²) in [6.45, 7) is 5.04. The molecule has 0 radical (unpaired) electrons. The zero-order valence-corrected chi connectivity index (χ0v) is 16.1. The molecule has 5 rings (SSSR count). The van der Waals surface area contributed by atoms with Crippen molar-refractivity contribution in [1.82, 2.24) is 25.3 Å². The number of hydrogen-bond donors (Lipinski definition) is 3. The quantitative estimate of drug-likeness (QED) is 0.606. The molecule has 0 amide bonds. The van der Waals surface area contributed by atoms with Crippen molar-refractivity contribution in [2.45, 2.75) is 0 Å². The number of fused-ring (bicyclic) bond motifs is 1. The predicted octanol–water partition coefficient (Wildman–Crippen LogP) is 1.60. The number of benzene rings is 1. The molecule has 8 heteroatoms. The first kappa shape index (κ1) is 18.1. The molecular weight excluding hydrogens is 368 g/mol. The van der Waals surface area contributed by atoms with Gasteiger partial charge in [-0.25, -0.2) is 0 Å². The van der Waals surface area contributed by atoms with Crippen LogP contribution < -0.4 is 4.90 Å². The van der Waals surface area contributed by atoms with Crippen molar-refractivity contribution in [2.75, 3.05) is 44.2 Å². The van der Waals surface area contributed by atoms with E-state index in [1.54, 1.807) is 18.5 Å². The molecule has 3 aromatic rings. The van der Waals surface area contributed by atoms with Crippen LogP contribution in [0.5, 0.6) is 5.75 Å². The maximum Gasteiger partial charge on any atom is 0.151 e. The first-order valence-electron chi connectivity index (χ1n) is 9.95. The molecule has 2 aliphatic rings. The van der Waals surface area contributed by atoms with Gasteiger partial charge in [0.15, 0.2) is 5.82 Å². The van der Waals surface area contributed by atoms with Gasteiger partial charge in [-0.05, 0) is 41.7 Å². The van der Waals surface area contributed by atoms with E-state index >= 15 is 0 Å². The van der Waals surface area contributed by atoms with Gasteiger partial charge in [0.2, 0.25) is 0 Å². The molecule has 1 aromatic carbocycles. The molecule has 0 aliphatic carbocycles. The lowest BCUT2D eigenvalue weighted by Crippen LogP contribution is -2.31. The smallest absolute Gasteiger partial charge is 0.151 e. The fourth-order valence-electron chi connectivity index (χ4n) is 4.58. The van der Waals surface area contributed by atoms with E-state index in [0.29, 0.717) is 23.1 Å². The summed E-state index contributed by atoms with van der Waals surface area (Å²) in [6.07, 6.45) is 3.51. The van der Waals surface area contributed by atoms with E-state index in [-0.39, 0.29) is 12.4 Å². The average Bonchev–Trinajstić information content (AvgIpc) is 3.45. The summed E-state index contributed by atoms with van der Waals surface area (Å²) in [5.41, 5.74) is 3.13. The minimum Gasteiger partial charge on any atom is -0.507 e. The van der Waals surface area contributed by atoms with Crippen molar-refractivity contribution in [3.05, 3.63) is 42.7 Å². The number of aromatic hydroxyl groups is 1. The van der Waals surface area contributed by atoms with Gasteiger partial charge >= 0.3 is 0 Å². The van der Waals surface area contributed by atoms with Crippen LogP contribution in [0, 0.1) is 11.8 Å². The SMILES string of the molecule is OCCN1CC2CN(c3ccc(-c4ccc(-c5cn[nH]c5)cc4O)nn3)C[C@H]2C1. The fourth-order valence-corrected chi connectivity index (χ4v) is 4.58. The number of rotatable bonds is 5. The number of hydrogen-bond acceptors (Lipinski definition) is 7. The molecule has 8 nitrogen and oxygen atoms in total. The van der Waals surface area contributed by atoms with Gasteiger partial charge in [0.05, 0.1) is 18.5 Å². The Kier molecular flexibility index (Phi) is 4.65. The molecular formula is C21H24N6O2. The number of β-amino-alcohol motifs (C(OH)–C–C–N with tert-alkyl or cyclic N) is 1. The Bertz CT molecular complexity index is 961. The predicted molar refractivity (Wildman–Crippen MR) is 109 cm³/mol. The summed E-state index contributed by atoms with van der Waals surface area (Å²) in [7, 11) is 0. The van der Waals surface area contributed by atoms with Crippen LogP contribution in [0.4, 0.5) is 5.82 Å². The second-order valence-electron chi connectivity index (χ2n) is 7.90. The van der Waals surface area contributed by atoms with E-state index in [0.717, 1.165) is 49.7 Å². The average molecular weight is 392 g/mol. The molecule has 2 fully saturated rings. The minimum absolute atomic E-state index is 0.172. The van der Waals surface area contributed by atoms with Crippen molar-refractivity contribution in [1.29, 1.82) is 0 Å². The number of aliphatic hydroxyl groups excluding tert-OH is 1. The molecule has 0 spiro atoms. The second-order valence-corrected chi connectivity index (χ2v) is 7.90. The maximum absolute atomic E-state index is 10.5. The van der Waals surface area contributed by atoms with Crippen molar-refractivity contribution in [2.24, 2.45) is 11.8 Å². The van der Waals surface area contributed by atoms with Crippen LogP contribution in [0.25, 0.3) is 22.4 Å². The third kappa shape index (κ3) is 3.45. The van der Waals surface area contributed by atoms with Crippen molar-refractivity contribution < 1.29 is 10.2 Å². The first-order valence-corrected chi connectivity index (χ1v) is 9.95. The lowest BCUT2D eigenvalue weighted by atomic mass is 10.0. The number of anilines is 1. The number of aromatic nitrogens is 4. The third-order valence-corrected chi connectivity index (χ3v) is 6.06. The van der Waals surface area contributed by atoms with Crippen LogP contribution in [-0.2, 0) is 0 Å². The van der Waals surface area contributed by atoms with Gasteiger partial charge < -0.3 is 20.0 Å². The highest BCUT2D eigenvalue weighted by atomic mass is 16.3. The van der Waals surface area contributed by atoms with E-state index in [2.05, 4.69) is 30.2 Å². The molecule has 1 unspecified atom stereocenters. The fraction of sp³-hybridized carbons (Fsp3) is 0.381. The monoisotopic (exact) mass is 392 g/mol. The van der Waals surface area contributed by atoms with Crippen LogP contribution in [0.2, 0.25) is 0 Å². The Morgan fingerprint density at radius 3 is 2.45 bits per heavy atom. The molecule has 2 aliphatic heterocycles. The van der Waals surface area contributed by atoms with Crippen LogP contribution in [0.15, 0.2) is 42.7 Å². The van der Waals surface area contributed by atoms with Gasteiger partial charge in [0.1, 0.15) is 5.75 Å². The molecule has 150 valence electrons. The molecule has 2 saturated heterocycles. The van der Waals surface area contributed by atoms with Gasteiger partial charge in [-0.15, -0.1) is 10.2 Å². The van der Waals surface area contributed by atoms with Gasteiger partial charge in [0.25, 0.3) is 0 Å². The summed E-state index contributed by atoms with van der Waals surface area (Å²) >= 11 is 0. The second kappa shape index (κ2) is 7.46. The highest BCUT2D eigenvalue weighted by Gasteiger charge is 2.40. The lowest BCUT2D eigenvalue weighted by molar-refractivity contribution is 0.214. The van der Waals surface area contributed by atoms with E-state index < -0.39 is 0 Å². The minimum atomic E-state index is 0.172. The standard InChI is InChI=1S/C21H24N6O2/c28-6-5-26-10-16-12-27(13-17(16)11-26)21-4-3-19(24-25-21)18-2-1-14(7-20(18)29)15-8-22-23-9-15/h1-4,7-9,16-17,28-29H,5-6,10-13H2,(H,22,23)/t16-,17?/m1/s1. The van der Waals surface area contributed by atoms with Gasteiger partial charge in [-0.3, -0.25) is 5.10 Å². The number of nitrogens with zero attached hydrogens (tertiary/aromatic N) is 5. The lowest BCUT2D eigenvalue weighted by Gasteiger charge is -2.21. The van der Waals surface area contributed by atoms with Crippen LogP contribution in [0.1, 0.15) is 0 Å². The largest absolute Gasteiger partial charge is 0.507 e. The number of aliphatic hydroxyl groups is 1. The van der Waals surface area contributed by atoms with Crippen molar-refractivity contribution in [3.63, 3.8) is 0 Å².